The summed E-state index contributed by atoms with van der Waals surface area (Å²) in [6.45, 7) is 0. The predicted octanol–water partition coefficient (Wildman–Crippen LogP) is 4.96. The summed E-state index contributed by atoms with van der Waals surface area (Å²) in [5, 5.41) is 0. The molecule has 0 radical (unpaired) electrons. The van der Waals surface area contributed by atoms with Gasteiger partial charge < -0.3 is 4.90 Å². The van der Waals surface area contributed by atoms with Crippen LogP contribution in [0.3, 0.4) is 0 Å². The number of hydrazine groups is 1. The molecule has 1 aliphatic rings. The molecule has 4 N–H and O–H groups in total. The summed E-state index contributed by atoms with van der Waals surface area (Å²) < 4.78 is 0.906. The zero-order valence-electron chi connectivity index (χ0n) is 13.4. The molecule has 1 aliphatic carbocycles. The van der Waals surface area contributed by atoms with Gasteiger partial charge in [-0.2, -0.15) is 0 Å². The summed E-state index contributed by atoms with van der Waals surface area (Å²) in [6.07, 6.45) is 1.04. The number of benzene rings is 2. The second kappa shape index (κ2) is 9.96. The summed E-state index contributed by atoms with van der Waals surface area (Å²) in [5.41, 5.74) is 5.68. The van der Waals surface area contributed by atoms with Gasteiger partial charge in [0.1, 0.15) is 4.32 Å². The maximum atomic E-state index is 5.28. The molecule has 0 aromatic heterocycles. The van der Waals surface area contributed by atoms with Crippen molar-refractivity contribution in [1.82, 2.24) is 4.90 Å². The van der Waals surface area contributed by atoms with Crippen LogP contribution in [-0.4, -0.2) is 23.3 Å². The lowest BCUT2D eigenvalue weighted by Crippen LogP contribution is -2.14. The molecule has 24 heavy (non-hydrogen) atoms. The van der Waals surface area contributed by atoms with Crippen LogP contribution in [0.15, 0.2) is 47.4 Å². The zero-order valence-corrected chi connectivity index (χ0v) is 17.5. The van der Waals surface area contributed by atoms with E-state index in [1.807, 2.05) is 29.8 Å². The Morgan fingerprint density at radius 3 is 2.46 bits per heavy atom. The Kier molecular flexibility index (Phi) is 8.29. The Balaban J connectivity index is 0.00000100. The average molecular weight is 414 g/mol. The van der Waals surface area contributed by atoms with Crippen molar-refractivity contribution in [2.24, 2.45) is 11.7 Å². The van der Waals surface area contributed by atoms with Crippen LogP contribution in [0.25, 0.3) is 11.1 Å². The van der Waals surface area contributed by atoms with Crippen LogP contribution in [0.5, 0.6) is 0 Å². The van der Waals surface area contributed by atoms with Gasteiger partial charge in [0, 0.05) is 19.0 Å². The van der Waals surface area contributed by atoms with Crippen LogP contribution >= 0.6 is 53.5 Å². The molecule has 0 amide bonds. The van der Waals surface area contributed by atoms with Crippen molar-refractivity contribution in [1.29, 1.82) is 0 Å². The van der Waals surface area contributed by atoms with Crippen molar-refractivity contribution in [3.8, 4) is 11.1 Å². The average Bonchev–Trinajstić information content (AvgIpc) is 2.99. The minimum absolute atomic E-state index is 0.906. The number of thiocarbonyl (C=S) groups is 1. The van der Waals surface area contributed by atoms with E-state index in [0.717, 1.165) is 10.7 Å². The fourth-order valence-corrected chi connectivity index (χ4v) is 8.54. The number of nitrogens with zero attached hydrogens (tertiary/aromatic N) is 1. The fourth-order valence-electron chi connectivity index (χ4n) is 2.37. The third-order valence-corrected chi connectivity index (χ3v) is 10.4. The molecule has 8 heteroatoms. The van der Waals surface area contributed by atoms with Gasteiger partial charge in [-0.25, -0.2) is 0 Å². The molecule has 2 aromatic carbocycles. The standard InChI is InChI=1S/C16H15NS5.H4N2/c1-17(2)16(18)20-22-21-19-15-9-5-8-13-12-7-4-3-6-11(12)10-14(13)15;1-2/h3-9H,10H2,1-2H3;1-2H2. The Labute approximate surface area is 163 Å². The van der Waals surface area contributed by atoms with Crippen molar-refractivity contribution in [3.63, 3.8) is 0 Å². The molecular weight excluding hydrogens is 395 g/mol. The van der Waals surface area contributed by atoms with Gasteiger partial charge in [0.05, 0.1) is 0 Å². The van der Waals surface area contributed by atoms with Crippen molar-refractivity contribution in [2.75, 3.05) is 14.1 Å². The molecule has 0 unspecified atom stereocenters. The summed E-state index contributed by atoms with van der Waals surface area (Å²) in [4.78, 5) is 3.33. The second-order valence-corrected chi connectivity index (χ2v) is 11.4. The van der Waals surface area contributed by atoms with Gasteiger partial charge in [0.2, 0.25) is 0 Å². The highest BCUT2D eigenvalue weighted by atomic mass is 33.7. The number of hydrogen-bond acceptors (Lipinski definition) is 7. The normalized spacial score (nSPS) is 11.2. The molecule has 128 valence electrons. The van der Waals surface area contributed by atoms with E-state index in [-0.39, 0.29) is 0 Å². The van der Waals surface area contributed by atoms with Crippen LogP contribution in [0, 0.1) is 0 Å². The van der Waals surface area contributed by atoms with Crippen molar-refractivity contribution >= 4 is 57.8 Å². The third-order valence-electron chi connectivity index (χ3n) is 3.43. The Morgan fingerprint density at radius 2 is 1.71 bits per heavy atom. The molecule has 0 saturated carbocycles. The van der Waals surface area contributed by atoms with Gasteiger partial charge in [-0.1, -0.05) is 48.6 Å². The second-order valence-electron chi connectivity index (χ2n) is 5.08. The lowest BCUT2D eigenvalue weighted by atomic mass is 10.1. The molecule has 3 rings (SSSR count). The first-order chi connectivity index (χ1) is 11.7. The van der Waals surface area contributed by atoms with Gasteiger partial charge in [0.15, 0.2) is 0 Å². The number of hydrogen-bond donors (Lipinski definition) is 2. The molecule has 0 bridgehead atoms. The summed E-state index contributed by atoms with van der Waals surface area (Å²) in [7, 11) is 10.9. The molecule has 0 aliphatic heterocycles. The van der Waals surface area contributed by atoms with Gasteiger partial charge in [-0.05, 0) is 76.0 Å². The van der Waals surface area contributed by atoms with Crippen molar-refractivity contribution < 1.29 is 0 Å². The van der Waals surface area contributed by atoms with Gasteiger partial charge in [0.25, 0.3) is 0 Å². The van der Waals surface area contributed by atoms with Crippen LogP contribution in [-0.2, 0) is 6.42 Å². The van der Waals surface area contributed by atoms with Crippen LogP contribution in [0.1, 0.15) is 11.1 Å². The van der Waals surface area contributed by atoms with Gasteiger partial charge >= 0.3 is 0 Å². The largest absolute Gasteiger partial charge is 0.363 e. The molecule has 0 heterocycles. The van der Waals surface area contributed by atoms with E-state index in [0.29, 0.717) is 0 Å². The molecule has 0 fully saturated rings. The smallest absolute Gasteiger partial charge is 0.147 e. The van der Waals surface area contributed by atoms with Crippen molar-refractivity contribution in [3.05, 3.63) is 53.6 Å². The minimum Gasteiger partial charge on any atom is -0.363 e. The third kappa shape index (κ3) is 4.85. The topological polar surface area (TPSA) is 55.3 Å². The highest BCUT2D eigenvalue weighted by Gasteiger charge is 2.20. The van der Waals surface area contributed by atoms with Crippen molar-refractivity contribution in [2.45, 2.75) is 11.3 Å². The predicted molar refractivity (Wildman–Crippen MR) is 118 cm³/mol. The summed E-state index contributed by atoms with van der Waals surface area (Å²) in [6, 6.07) is 15.3. The summed E-state index contributed by atoms with van der Waals surface area (Å²) in [5.74, 6) is 8.00. The van der Waals surface area contributed by atoms with Crippen LogP contribution in [0.2, 0.25) is 0 Å². The van der Waals surface area contributed by atoms with E-state index in [1.54, 1.807) is 30.4 Å². The SMILES string of the molecule is CN(C)C(=S)SSSSc1cccc2c1Cc1ccccc1-2.NN. The maximum absolute atomic E-state index is 5.28. The number of fused-ring (bicyclic) bond motifs is 3. The lowest BCUT2D eigenvalue weighted by molar-refractivity contribution is 0.648. The van der Waals surface area contributed by atoms with E-state index >= 15 is 0 Å². The highest BCUT2D eigenvalue weighted by Crippen LogP contribution is 2.50. The molecule has 3 nitrogen and oxygen atoms in total. The molecule has 0 atom stereocenters. The fraction of sp³-hybridized carbons (Fsp3) is 0.188. The van der Waals surface area contributed by atoms with Gasteiger partial charge in [-0.3, -0.25) is 11.7 Å². The monoisotopic (exact) mass is 413 g/mol. The first-order valence-corrected chi connectivity index (χ1v) is 12.3. The van der Waals surface area contributed by atoms with E-state index in [4.69, 9.17) is 12.2 Å². The first kappa shape index (κ1) is 20.0. The number of nitrogens with two attached hydrogens (primary N) is 2. The Bertz CT molecular complexity index is 706. The van der Waals surface area contributed by atoms with E-state index in [2.05, 4.69) is 54.1 Å². The highest BCUT2D eigenvalue weighted by molar-refractivity contribution is 9.27. The zero-order chi connectivity index (χ0) is 17.5. The minimum atomic E-state index is 0.906. The molecule has 2 aromatic rings. The lowest BCUT2D eigenvalue weighted by Gasteiger charge is -2.11. The molecular formula is C16H19N3S5. The first-order valence-electron chi connectivity index (χ1n) is 7.09. The Morgan fingerprint density at radius 1 is 1.00 bits per heavy atom. The van der Waals surface area contributed by atoms with E-state index in [9.17, 15) is 0 Å². The summed E-state index contributed by atoms with van der Waals surface area (Å²) >= 11 is 5.28. The maximum Gasteiger partial charge on any atom is 0.147 e. The van der Waals surface area contributed by atoms with E-state index in [1.165, 1.54) is 27.1 Å². The van der Waals surface area contributed by atoms with Crippen LogP contribution in [0.4, 0.5) is 0 Å². The van der Waals surface area contributed by atoms with Gasteiger partial charge in [-0.15, -0.1) is 0 Å². The Hall–Kier alpha value is -0.350. The van der Waals surface area contributed by atoms with Crippen LogP contribution < -0.4 is 11.7 Å². The molecule has 0 saturated heterocycles. The molecule has 0 spiro atoms. The number of rotatable bonds is 4. The quantitative estimate of drug-likeness (QED) is 0.205. The van der Waals surface area contributed by atoms with E-state index < -0.39 is 0 Å².